The summed E-state index contributed by atoms with van der Waals surface area (Å²) >= 11 is 0. The molecule has 1 heterocycles. The minimum Gasteiger partial charge on any atom is -0.487 e. The van der Waals surface area contributed by atoms with Crippen molar-refractivity contribution in [3.63, 3.8) is 0 Å². The molecule has 1 amide bonds. The number of sulfonamides is 1. The molecule has 2 aromatic carbocycles. The summed E-state index contributed by atoms with van der Waals surface area (Å²) in [7, 11) is -3.41. The van der Waals surface area contributed by atoms with Crippen molar-refractivity contribution < 1.29 is 17.9 Å². The van der Waals surface area contributed by atoms with Crippen molar-refractivity contribution >= 4 is 21.6 Å². The Morgan fingerprint density at radius 3 is 2.63 bits per heavy atom. The summed E-state index contributed by atoms with van der Waals surface area (Å²) in [5.74, 6) is 0.511. The first-order valence-electron chi connectivity index (χ1n) is 8.71. The monoisotopic (exact) mass is 388 g/mol. The lowest BCUT2D eigenvalue weighted by Gasteiger charge is -2.38. The van der Waals surface area contributed by atoms with Crippen molar-refractivity contribution in [2.45, 2.75) is 38.8 Å². The molecule has 0 fully saturated rings. The number of carbonyl (C=O) groups is 1. The molecule has 0 bridgehead atoms. The van der Waals surface area contributed by atoms with Gasteiger partial charge in [0, 0.05) is 23.2 Å². The van der Waals surface area contributed by atoms with E-state index in [2.05, 4.69) is 10.0 Å². The summed E-state index contributed by atoms with van der Waals surface area (Å²) in [5, 5.41) is 3.07. The Labute approximate surface area is 160 Å². The highest BCUT2D eigenvalue weighted by molar-refractivity contribution is 7.92. The third-order valence-corrected chi connectivity index (χ3v) is 4.96. The van der Waals surface area contributed by atoms with E-state index in [1.54, 1.807) is 18.2 Å². The number of ether oxygens (including phenoxy) is 1. The highest BCUT2D eigenvalue weighted by Crippen LogP contribution is 2.40. The average molecular weight is 388 g/mol. The number of fused-ring (bicyclic) bond motifs is 1. The van der Waals surface area contributed by atoms with Crippen molar-refractivity contribution in [3.8, 4) is 5.75 Å². The van der Waals surface area contributed by atoms with Crippen molar-refractivity contribution in [1.82, 2.24) is 5.32 Å². The number of amides is 1. The van der Waals surface area contributed by atoms with E-state index >= 15 is 0 Å². The van der Waals surface area contributed by atoms with Gasteiger partial charge in [-0.3, -0.25) is 9.52 Å². The van der Waals surface area contributed by atoms with E-state index in [4.69, 9.17) is 4.74 Å². The van der Waals surface area contributed by atoms with E-state index in [0.29, 0.717) is 17.7 Å². The van der Waals surface area contributed by atoms with Gasteiger partial charge in [0.05, 0.1) is 12.3 Å². The molecule has 1 aliphatic heterocycles. The zero-order chi connectivity index (χ0) is 19.8. The molecule has 6 nitrogen and oxygen atoms in total. The summed E-state index contributed by atoms with van der Waals surface area (Å²) in [4.78, 5) is 12.8. The summed E-state index contributed by atoms with van der Waals surface area (Å²) in [5.41, 5.74) is 2.39. The first kappa shape index (κ1) is 19.2. The van der Waals surface area contributed by atoms with Crippen LogP contribution in [0.4, 0.5) is 5.69 Å². The van der Waals surface area contributed by atoms with Gasteiger partial charge < -0.3 is 10.1 Å². The number of aryl methyl sites for hydroxylation is 1. The van der Waals surface area contributed by atoms with Crippen LogP contribution in [0.25, 0.3) is 0 Å². The average Bonchev–Trinajstić information content (AvgIpc) is 2.53. The maximum atomic E-state index is 12.8. The Bertz CT molecular complexity index is 983. The molecule has 0 aromatic heterocycles. The van der Waals surface area contributed by atoms with Crippen LogP contribution in [0.3, 0.4) is 0 Å². The summed E-state index contributed by atoms with van der Waals surface area (Å²) < 4.78 is 31.3. The largest absolute Gasteiger partial charge is 0.487 e. The van der Waals surface area contributed by atoms with Crippen LogP contribution in [0.15, 0.2) is 42.5 Å². The van der Waals surface area contributed by atoms with E-state index in [0.717, 1.165) is 23.1 Å². The smallest absolute Gasteiger partial charge is 0.251 e. The first-order valence-corrected chi connectivity index (χ1v) is 10.6. The van der Waals surface area contributed by atoms with Gasteiger partial charge in [0.1, 0.15) is 11.4 Å². The van der Waals surface area contributed by atoms with Gasteiger partial charge in [0.25, 0.3) is 5.91 Å². The van der Waals surface area contributed by atoms with Crippen molar-refractivity contribution in [3.05, 3.63) is 59.2 Å². The fourth-order valence-electron chi connectivity index (χ4n) is 3.28. The van der Waals surface area contributed by atoms with Crippen LogP contribution in [0.2, 0.25) is 0 Å². The van der Waals surface area contributed by atoms with E-state index in [1.165, 1.54) is 6.07 Å². The third-order valence-electron chi connectivity index (χ3n) is 4.36. The van der Waals surface area contributed by atoms with Gasteiger partial charge in [0.2, 0.25) is 10.0 Å². The first-order chi connectivity index (χ1) is 12.5. The maximum absolute atomic E-state index is 12.8. The second kappa shape index (κ2) is 6.88. The van der Waals surface area contributed by atoms with Gasteiger partial charge in [-0.05, 0) is 45.0 Å². The van der Waals surface area contributed by atoms with Gasteiger partial charge in [0.15, 0.2) is 0 Å². The normalized spacial score (nSPS) is 18.1. The van der Waals surface area contributed by atoms with Gasteiger partial charge in [-0.15, -0.1) is 0 Å². The van der Waals surface area contributed by atoms with Crippen LogP contribution < -0.4 is 14.8 Å². The second-order valence-electron chi connectivity index (χ2n) is 7.59. The number of nitrogens with one attached hydrogen (secondary N) is 2. The maximum Gasteiger partial charge on any atom is 0.251 e. The zero-order valence-corrected chi connectivity index (χ0v) is 16.7. The minimum atomic E-state index is -3.41. The number of hydrogen-bond donors (Lipinski definition) is 2. The molecule has 2 aromatic rings. The molecule has 2 N–H and O–H groups in total. The van der Waals surface area contributed by atoms with Crippen LogP contribution in [-0.2, 0) is 10.0 Å². The number of hydrogen-bond acceptors (Lipinski definition) is 4. The SMILES string of the molecule is Cc1ccc2c(c1)C(NC(=O)c1cccc(NS(C)(=O)=O)c1)CC(C)(C)O2. The van der Waals surface area contributed by atoms with Crippen molar-refractivity contribution in [2.24, 2.45) is 0 Å². The molecule has 7 heteroatoms. The molecule has 1 unspecified atom stereocenters. The quantitative estimate of drug-likeness (QED) is 0.841. The summed E-state index contributed by atoms with van der Waals surface area (Å²) in [6.07, 6.45) is 1.71. The van der Waals surface area contributed by atoms with Gasteiger partial charge in [-0.2, -0.15) is 0 Å². The fraction of sp³-hybridized carbons (Fsp3) is 0.350. The number of anilines is 1. The third kappa shape index (κ3) is 4.80. The van der Waals surface area contributed by atoms with Gasteiger partial charge in [-0.1, -0.05) is 23.8 Å². The molecule has 1 aliphatic rings. The summed E-state index contributed by atoms with van der Waals surface area (Å²) in [6.45, 7) is 5.98. The van der Waals surface area contributed by atoms with Crippen molar-refractivity contribution in [1.29, 1.82) is 0 Å². The van der Waals surface area contributed by atoms with E-state index in [-0.39, 0.29) is 11.9 Å². The van der Waals surface area contributed by atoms with E-state index < -0.39 is 15.6 Å². The molecule has 1 atom stereocenters. The topological polar surface area (TPSA) is 84.5 Å². The van der Waals surface area contributed by atoms with Crippen molar-refractivity contribution in [2.75, 3.05) is 11.0 Å². The Morgan fingerprint density at radius 2 is 1.93 bits per heavy atom. The van der Waals surface area contributed by atoms with E-state index in [1.807, 2.05) is 39.0 Å². The molecule has 0 saturated carbocycles. The number of rotatable bonds is 4. The molecule has 0 saturated heterocycles. The lowest BCUT2D eigenvalue weighted by Crippen LogP contribution is -2.41. The Balaban J connectivity index is 1.86. The molecule has 27 heavy (non-hydrogen) atoms. The summed E-state index contributed by atoms with van der Waals surface area (Å²) in [6, 6.07) is 12.2. The standard InChI is InChI=1S/C20H24N2O4S/c1-13-8-9-18-16(10-13)17(12-20(2,3)26-18)21-19(23)14-6-5-7-15(11-14)22-27(4,24)25/h5-11,17,22H,12H2,1-4H3,(H,21,23). The van der Waals surface area contributed by atoms with Crippen LogP contribution in [0, 0.1) is 6.92 Å². The molecule has 0 spiro atoms. The lowest BCUT2D eigenvalue weighted by molar-refractivity contribution is 0.0619. The Hall–Kier alpha value is -2.54. The second-order valence-corrected chi connectivity index (χ2v) is 9.34. The Kier molecular flexibility index (Phi) is 4.90. The number of benzene rings is 2. The zero-order valence-electron chi connectivity index (χ0n) is 15.9. The predicted molar refractivity (Wildman–Crippen MR) is 106 cm³/mol. The molecule has 0 radical (unpaired) electrons. The number of carbonyl (C=O) groups excluding carboxylic acids is 1. The van der Waals surface area contributed by atoms with Crippen LogP contribution in [0.1, 0.15) is 47.8 Å². The highest BCUT2D eigenvalue weighted by Gasteiger charge is 2.34. The minimum absolute atomic E-state index is 0.192. The molecule has 144 valence electrons. The van der Waals surface area contributed by atoms with Crippen LogP contribution in [0.5, 0.6) is 5.75 Å². The fourth-order valence-corrected chi connectivity index (χ4v) is 3.84. The predicted octanol–water partition coefficient (Wildman–Crippen LogP) is 3.40. The highest BCUT2D eigenvalue weighted by atomic mass is 32.2. The van der Waals surface area contributed by atoms with E-state index in [9.17, 15) is 13.2 Å². The van der Waals surface area contributed by atoms with Crippen LogP contribution in [-0.4, -0.2) is 26.2 Å². The molecule has 3 rings (SSSR count). The lowest BCUT2D eigenvalue weighted by atomic mass is 9.88. The van der Waals surface area contributed by atoms with Crippen LogP contribution >= 0.6 is 0 Å². The Morgan fingerprint density at radius 1 is 1.19 bits per heavy atom. The van der Waals surface area contributed by atoms with Gasteiger partial charge >= 0.3 is 0 Å². The molecular formula is C20H24N2O4S. The molecule has 0 aliphatic carbocycles. The van der Waals surface area contributed by atoms with Gasteiger partial charge in [-0.25, -0.2) is 8.42 Å². The molecular weight excluding hydrogens is 364 g/mol.